The molecule has 2 atom stereocenters. The summed E-state index contributed by atoms with van der Waals surface area (Å²) in [6.07, 6.45) is -1.24. The third-order valence-corrected chi connectivity index (χ3v) is 4.96. The Morgan fingerprint density at radius 3 is 2.73 bits per heavy atom. The fourth-order valence-corrected chi connectivity index (χ4v) is 3.57. The molecule has 3 heterocycles. The number of hydrogen-bond acceptors (Lipinski definition) is 8. The van der Waals surface area contributed by atoms with Gasteiger partial charge in [0.25, 0.3) is 11.6 Å². The van der Waals surface area contributed by atoms with E-state index >= 15 is 0 Å². The van der Waals surface area contributed by atoms with Crippen LogP contribution >= 0.6 is 11.3 Å². The van der Waals surface area contributed by atoms with E-state index in [9.17, 15) is 24.5 Å². The third-order valence-electron chi connectivity index (χ3n) is 4.09. The number of fused-ring (bicyclic) bond motifs is 1. The Labute approximate surface area is 149 Å². The Morgan fingerprint density at radius 2 is 2.04 bits per heavy atom. The average molecular weight is 371 g/mol. The molecule has 2 aliphatic rings. The minimum atomic E-state index is -1.24. The summed E-state index contributed by atoms with van der Waals surface area (Å²) in [5.41, 5.74) is -0.344. The zero-order chi connectivity index (χ0) is 18.4. The number of carbonyl (C=O) groups excluding carboxylic acids is 3. The predicted molar refractivity (Wildman–Crippen MR) is 90.0 cm³/mol. The van der Waals surface area contributed by atoms with Crippen LogP contribution in [-0.4, -0.2) is 34.3 Å². The molecule has 9 nitrogen and oxygen atoms in total. The number of nitro groups is 1. The van der Waals surface area contributed by atoms with E-state index in [1.807, 2.05) is 0 Å². The van der Waals surface area contributed by atoms with E-state index in [-0.39, 0.29) is 17.1 Å². The highest BCUT2D eigenvalue weighted by molar-refractivity contribution is 7.13. The van der Waals surface area contributed by atoms with Gasteiger partial charge >= 0.3 is 0 Å². The molecule has 0 N–H and O–H groups in total. The molecule has 10 heteroatoms. The minimum Gasteiger partial charge on any atom is -0.381 e. The molecule has 0 unspecified atom stereocenters. The summed E-state index contributed by atoms with van der Waals surface area (Å²) in [7, 11) is 0. The number of oxime groups is 1. The number of Topliss-reactive ketones (excluding diaryl/α,β-unsaturated/α-hetero) is 1. The molecule has 1 fully saturated rings. The van der Waals surface area contributed by atoms with Crippen LogP contribution in [0.3, 0.4) is 0 Å². The van der Waals surface area contributed by atoms with Gasteiger partial charge in [-0.05, 0) is 17.5 Å². The second-order valence-corrected chi connectivity index (χ2v) is 6.52. The Bertz CT molecular complexity index is 984. The van der Waals surface area contributed by atoms with E-state index in [1.165, 1.54) is 29.5 Å². The monoisotopic (exact) mass is 371 g/mol. The molecule has 2 aromatic rings. The highest BCUT2D eigenvalue weighted by Crippen LogP contribution is 2.35. The van der Waals surface area contributed by atoms with Gasteiger partial charge in [-0.15, -0.1) is 11.3 Å². The maximum absolute atomic E-state index is 12.8. The van der Waals surface area contributed by atoms with Crippen molar-refractivity contribution in [1.82, 2.24) is 0 Å². The molecule has 0 bridgehead atoms. The number of ketones is 1. The fourth-order valence-electron chi connectivity index (χ4n) is 2.90. The van der Waals surface area contributed by atoms with Crippen LogP contribution in [0.25, 0.3) is 0 Å². The molecule has 26 heavy (non-hydrogen) atoms. The highest BCUT2D eigenvalue weighted by Gasteiger charge is 2.57. The van der Waals surface area contributed by atoms with E-state index < -0.39 is 34.5 Å². The maximum atomic E-state index is 12.8. The highest BCUT2D eigenvalue weighted by atomic mass is 32.1. The molecular formula is C16H9N3O6S. The molecule has 1 saturated heterocycles. The van der Waals surface area contributed by atoms with Crippen molar-refractivity contribution in [3.63, 3.8) is 0 Å². The molecule has 4 rings (SSSR count). The zero-order valence-corrected chi connectivity index (χ0v) is 13.7. The molecule has 0 radical (unpaired) electrons. The zero-order valence-electron chi connectivity index (χ0n) is 12.9. The number of amides is 2. The molecule has 2 aliphatic heterocycles. The van der Waals surface area contributed by atoms with Gasteiger partial charge in [0.15, 0.2) is 0 Å². The average Bonchev–Trinajstić information content (AvgIpc) is 3.34. The van der Waals surface area contributed by atoms with Crippen LogP contribution in [0.4, 0.5) is 11.4 Å². The first-order chi connectivity index (χ1) is 12.5. The molecule has 0 saturated carbocycles. The lowest BCUT2D eigenvalue weighted by atomic mass is 9.96. The fraction of sp³-hybridized carbons (Fsp3) is 0.125. The lowest BCUT2D eigenvalue weighted by Gasteiger charge is -2.14. The van der Waals surface area contributed by atoms with Crippen molar-refractivity contribution in [3.8, 4) is 0 Å². The van der Waals surface area contributed by atoms with Crippen molar-refractivity contribution in [2.45, 2.75) is 6.10 Å². The normalized spacial score (nSPS) is 21.4. The summed E-state index contributed by atoms with van der Waals surface area (Å²) in [6, 6.07) is 8.41. The molecule has 2 amide bonds. The summed E-state index contributed by atoms with van der Waals surface area (Å²) < 4.78 is 0. The quantitative estimate of drug-likeness (QED) is 0.350. The number of thiophene rings is 1. The van der Waals surface area contributed by atoms with Crippen LogP contribution in [0.15, 0.2) is 46.9 Å². The van der Waals surface area contributed by atoms with Gasteiger partial charge in [-0.3, -0.25) is 24.5 Å². The molecule has 1 aromatic carbocycles. The summed E-state index contributed by atoms with van der Waals surface area (Å²) in [6.45, 7) is 0. The van der Waals surface area contributed by atoms with Crippen molar-refractivity contribution in [3.05, 3.63) is 56.8 Å². The van der Waals surface area contributed by atoms with Crippen LogP contribution < -0.4 is 4.90 Å². The Hall–Kier alpha value is -3.40. The number of carbonyl (C=O) groups is 3. The van der Waals surface area contributed by atoms with Gasteiger partial charge in [-0.1, -0.05) is 17.3 Å². The summed E-state index contributed by atoms with van der Waals surface area (Å²) in [4.78, 5) is 54.4. The number of rotatable bonds is 4. The van der Waals surface area contributed by atoms with E-state index in [2.05, 4.69) is 5.16 Å². The van der Waals surface area contributed by atoms with Gasteiger partial charge in [-0.25, -0.2) is 4.90 Å². The van der Waals surface area contributed by atoms with Crippen molar-refractivity contribution < 1.29 is 24.1 Å². The predicted octanol–water partition coefficient (Wildman–Crippen LogP) is 1.78. The van der Waals surface area contributed by atoms with E-state index in [4.69, 9.17) is 4.84 Å². The molecular weight excluding hydrogens is 362 g/mol. The number of hydrogen-bond donors (Lipinski definition) is 0. The summed E-state index contributed by atoms with van der Waals surface area (Å²) in [5, 5.41) is 16.3. The first kappa shape index (κ1) is 16.1. The second kappa shape index (κ2) is 5.85. The molecule has 1 aromatic heterocycles. The first-order valence-electron chi connectivity index (χ1n) is 7.43. The maximum Gasteiger partial charge on any atom is 0.278 e. The number of benzene rings is 1. The van der Waals surface area contributed by atoms with E-state index in [0.29, 0.717) is 4.88 Å². The summed E-state index contributed by atoms with van der Waals surface area (Å²) >= 11 is 1.19. The Balaban J connectivity index is 1.68. The van der Waals surface area contributed by atoms with Crippen LogP contribution in [0.5, 0.6) is 0 Å². The topological polar surface area (TPSA) is 119 Å². The standard InChI is InChI=1S/C16H9N3O6S/c20-13(10-5-2-6-26-10)12-11-14(25-17-12)16(22)18(15(11)21)8-3-1-4-9(7-8)19(23)24/h1-7,11,14H/t11-,14+/m0/s1. The largest absolute Gasteiger partial charge is 0.381 e. The van der Waals surface area contributed by atoms with Crippen LogP contribution in [0.1, 0.15) is 9.67 Å². The van der Waals surface area contributed by atoms with E-state index in [0.717, 1.165) is 11.0 Å². The smallest absolute Gasteiger partial charge is 0.278 e. The Kier molecular flexibility index (Phi) is 3.62. The number of nitro benzene ring substituents is 1. The van der Waals surface area contributed by atoms with Crippen LogP contribution in [-0.2, 0) is 14.4 Å². The van der Waals surface area contributed by atoms with E-state index in [1.54, 1.807) is 17.5 Å². The van der Waals surface area contributed by atoms with Gasteiger partial charge in [-0.2, -0.15) is 0 Å². The van der Waals surface area contributed by atoms with Gasteiger partial charge in [0.1, 0.15) is 11.6 Å². The minimum absolute atomic E-state index is 0.0510. The van der Waals surface area contributed by atoms with Crippen molar-refractivity contribution in [2.24, 2.45) is 11.1 Å². The number of nitrogens with zero attached hydrogens (tertiary/aromatic N) is 3. The number of imide groups is 1. The van der Waals surface area contributed by atoms with Crippen molar-refractivity contribution in [1.29, 1.82) is 0 Å². The second-order valence-electron chi connectivity index (χ2n) is 5.58. The van der Waals surface area contributed by atoms with Gasteiger partial charge < -0.3 is 4.84 Å². The van der Waals surface area contributed by atoms with Gasteiger partial charge in [0, 0.05) is 12.1 Å². The molecule has 0 spiro atoms. The van der Waals surface area contributed by atoms with Crippen LogP contribution in [0, 0.1) is 16.0 Å². The molecule has 0 aliphatic carbocycles. The van der Waals surface area contributed by atoms with Gasteiger partial charge in [0.05, 0.1) is 15.5 Å². The SMILES string of the molecule is O=C(C1=NO[C@H]2C(=O)N(c3cccc([N+](=O)[O-])c3)C(=O)[C@@H]12)c1cccs1. The van der Waals surface area contributed by atoms with Crippen LogP contribution in [0.2, 0.25) is 0 Å². The van der Waals surface area contributed by atoms with Crippen molar-refractivity contribution >= 4 is 46.0 Å². The first-order valence-corrected chi connectivity index (χ1v) is 8.31. The van der Waals surface area contributed by atoms with Gasteiger partial charge in [0.2, 0.25) is 17.8 Å². The number of non-ortho nitro benzene ring substituents is 1. The lowest BCUT2D eigenvalue weighted by Crippen LogP contribution is -2.34. The number of anilines is 1. The third kappa shape index (κ3) is 2.30. The lowest BCUT2D eigenvalue weighted by molar-refractivity contribution is -0.384. The molecule has 130 valence electrons. The Morgan fingerprint density at radius 1 is 1.23 bits per heavy atom. The summed E-state index contributed by atoms with van der Waals surface area (Å²) in [5.74, 6) is -3.04. The van der Waals surface area contributed by atoms with Crippen molar-refractivity contribution in [2.75, 3.05) is 4.90 Å².